The van der Waals surface area contributed by atoms with Crippen LogP contribution in [0.1, 0.15) is 37.4 Å². The molecule has 0 aliphatic carbocycles. The second kappa shape index (κ2) is 9.04. The molecule has 1 unspecified atom stereocenters. The van der Waals surface area contributed by atoms with E-state index in [2.05, 4.69) is 17.3 Å². The number of piperidine rings is 1. The van der Waals surface area contributed by atoms with Crippen LogP contribution in [0.25, 0.3) is 0 Å². The summed E-state index contributed by atoms with van der Waals surface area (Å²) in [5.74, 6) is 0.993. The molecule has 146 valence electrons. The number of aliphatic hydroxyl groups excluding tert-OH is 1. The minimum absolute atomic E-state index is 0.0803. The van der Waals surface area contributed by atoms with Crippen molar-refractivity contribution < 1.29 is 9.90 Å². The SMILES string of the molecule is CCCn1nc(C)cc1NC(=O)N1CCC(C(O)Cc2ccccc2)CC1. The average molecular weight is 370 g/mol. The molecule has 2 aromatic rings. The van der Waals surface area contributed by atoms with Crippen molar-refractivity contribution in [2.45, 2.75) is 52.2 Å². The summed E-state index contributed by atoms with van der Waals surface area (Å²) < 4.78 is 1.85. The molecule has 6 nitrogen and oxygen atoms in total. The lowest BCUT2D eigenvalue weighted by Gasteiger charge is -2.34. The van der Waals surface area contributed by atoms with Gasteiger partial charge in [0.25, 0.3) is 0 Å². The summed E-state index contributed by atoms with van der Waals surface area (Å²) >= 11 is 0. The number of hydrogen-bond acceptors (Lipinski definition) is 3. The Hall–Kier alpha value is -2.34. The molecule has 1 saturated heterocycles. The number of hydrogen-bond donors (Lipinski definition) is 2. The molecule has 0 radical (unpaired) electrons. The van der Waals surface area contributed by atoms with Gasteiger partial charge in [-0.05, 0) is 44.1 Å². The third-order valence-electron chi connectivity index (χ3n) is 5.23. The fourth-order valence-corrected chi connectivity index (χ4v) is 3.73. The number of nitrogens with zero attached hydrogens (tertiary/aromatic N) is 3. The number of carbonyl (C=O) groups excluding carboxylic acids is 1. The highest BCUT2D eigenvalue weighted by Gasteiger charge is 2.28. The summed E-state index contributed by atoms with van der Waals surface area (Å²) in [7, 11) is 0. The quantitative estimate of drug-likeness (QED) is 0.818. The van der Waals surface area contributed by atoms with E-state index >= 15 is 0 Å². The maximum Gasteiger partial charge on any atom is 0.322 e. The molecule has 6 heteroatoms. The van der Waals surface area contributed by atoms with Crippen LogP contribution in [-0.4, -0.2) is 45.0 Å². The van der Waals surface area contributed by atoms with Crippen LogP contribution >= 0.6 is 0 Å². The van der Waals surface area contributed by atoms with Crippen molar-refractivity contribution >= 4 is 11.8 Å². The van der Waals surface area contributed by atoms with Crippen LogP contribution < -0.4 is 5.32 Å². The number of anilines is 1. The van der Waals surface area contributed by atoms with Gasteiger partial charge in [-0.3, -0.25) is 5.32 Å². The Morgan fingerprint density at radius 3 is 2.67 bits per heavy atom. The fraction of sp³-hybridized carbons (Fsp3) is 0.524. The molecule has 0 saturated carbocycles. The molecule has 2 N–H and O–H groups in total. The van der Waals surface area contributed by atoms with Gasteiger partial charge in [-0.1, -0.05) is 37.3 Å². The van der Waals surface area contributed by atoms with E-state index in [1.165, 1.54) is 0 Å². The average Bonchev–Trinajstić information content (AvgIpc) is 3.02. The molecule has 1 fully saturated rings. The number of amides is 2. The van der Waals surface area contributed by atoms with Crippen LogP contribution in [0, 0.1) is 12.8 Å². The molecule has 1 aromatic heterocycles. The number of aryl methyl sites for hydroxylation is 2. The number of urea groups is 1. The Labute approximate surface area is 161 Å². The fourth-order valence-electron chi connectivity index (χ4n) is 3.73. The van der Waals surface area contributed by atoms with Crippen molar-refractivity contribution in [2.75, 3.05) is 18.4 Å². The molecule has 0 bridgehead atoms. The summed E-state index contributed by atoms with van der Waals surface area (Å²) in [5.41, 5.74) is 2.06. The Morgan fingerprint density at radius 2 is 2.00 bits per heavy atom. The van der Waals surface area contributed by atoms with Gasteiger partial charge in [-0.15, -0.1) is 0 Å². The molecule has 1 aliphatic rings. The maximum atomic E-state index is 12.6. The number of aromatic nitrogens is 2. The molecular weight excluding hydrogens is 340 g/mol. The predicted octanol–water partition coefficient (Wildman–Crippen LogP) is 3.45. The predicted molar refractivity (Wildman–Crippen MR) is 107 cm³/mol. The van der Waals surface area contributed by atoms with Crippen LogP contribution in [0.4, 0.5) is 10.6 Å². The summed E-state index contributed by atoms with van der Waals surface area (Å²) in [4.78, 5) is 14.4. The normalized spacial score (nSPS) is 16.3. The minimum Gasteiger partial charge on any atom is -0.392 e. The van der Waals surface area contributed by atoms with E-state index in [4.69, 9.17) is 0 Å². The van der Waals surface area contributed by atoms with Crippen LogP contribution in [0.5, 0.6) is 0 Å². The van der Waals surface area contributed by atoms with Gasteiger partial charge in [0.15, 0.2) is 0 Å². The first kappa shape index (κ1) is 19.4. The largest absolute Gasteiger partial charge is 0.392 e. The Kier molecular flexibility index (Phi) is 6.50. The van der Waals surface area contributed by atoms with E-state index in [0.29, 0.717) is 19.5 Å². The van der Waals surface area contributed by atoms with Crippen molar-refractivity contribution in [1.29, 1.82) is 0 Å². The van der Waals surface area contributed by atoms with Gasteiger partial charge in [0, 0.05) is 25.7 Å². The van der Waals surface area contributed by atoms with E-state index in [9.17, 15) is 9.90 Å². The second-order valence-electron chi connectivity index (χ2n) is 7.41. The zero-order valence-electron chi connectivity index (χ0n) is 16.3. The van der Waals surface area contributed by atoms with Crippen LogP contribution in [0.15, 0.2) is 36.4 Å². The first-order valence-electron chi connectivity index (χ1n) is 9.89. The highest BCUT2D eigenvalue weighted by molar-refractivity contribution is 5.88. The molecule has 2 heterocycles. The Balaban J connectivity index is 1.50. The van der Waals surface area contributed by atoms with Gasteiger partial charge in [0.1, 0.15) is 5.82 Å². The topological polar surface area (TPSA) is 70.4 Å². The van der Waals surface area contributed by atoms with Gasteiger partial charge in [0.05, 0.1) is 11.8 Å². The smallest absolute Gasteiger partial charge is 0.322 e. The van der Waals surface area contributed by atoms with Crippen LogP contribution in [0.3, 0.4) is 0 Å². The van der Waals surface area contributed by atoms with E-state index < -0.39 is 0 Å². The molecule has 1 aromatic carbocycles. The molecular formula is C21H30N4O2. The number of nitrogens with one attached hydrogen (secondary N) is 1. The molecule has 27 heavy (non-hydrogen) atoms. The number of carbonyl (C=O) groups is 1. The van der Waals surface area contributed by atoms with Crippen molar-refractivity contribution in [1.82, 2.24) is 14.7 Å². The van der Waals surface area contributed by atoms with Crippen molar-refractivity contribution in [3.05, 3.63) is 47.7 Å². The first-order valence-corrected chi connectivity index (χ1v) is 9.89. The lowest BCUT2D eigenvalue weighted by atomic mass is 9.88. The van der Waals surface area contributed by atoms with E-state index in [1.54, 1.807) is 0 Å². The summed E-state index contributed by atoms with van der Waals surface area (Å²) in [5, 5.41) is 18.0. The summed E-state index contributed by atoms with van der Waals surface area (Å²) in [6.45, 7) is 6.15. The zero-order chi connectivity index (χ0) is 19.2. The Morgan fingerprint density at radius 1 is 1.30 bits per heavy atom. The van der Waals surface area contributed by atoms with Crippen LogP contribution in [0.2, 0.25) is 0 Å². The summed E-state index contributed by atoms with van der Waals surface area (Å²) in [6.07, 6.45) is 2.94. The van der Waals surface area contributed by atoms with Crippen LogP contribution in [-0.2, 0) is 13.0 Å². The number of rotatable bonds is 6. The van der Waals surface area contributed by atoms with Gasteiger partial charge in [0.2, 0.25) is 0 Å². The third-order valence-corrected chi connectivity index (χ3v) is 5.23. The highest BCUT2D eigenvalue weighted by atomic mass is 16.3. The molecule has 1 aliphatic heterocycles. The third kappa shape index (κ3) is 5.10. The van der Waals surface area contributed by atoms with Crippen molar-refractivity contribution in [2.24, 2.45) is 5.92 Å². The van der Waals surface area contributed by atoms with E-state index in [0.717, 1.165) is 42.9 Å². The monoisotopic (exact) mass is 370 g/mol. The van der Waals surface area contributed by atoms with Gasteiger partial charge >= 0.3 is 6.03 Å². The molecule has 0 spiro atoms. The lowest BCUT2D eigenvalue weighted by Crippen LogP contribution is -2.43. The molecule has 1 atom stereocenters. The van der Waals surface area contributed by atoms with E-state index in [-0.39, 0.29) is 18.1 Å². The maximum absolute atomic E-state index is 12.6. The van der Waals surface area contributed by atoms with Crippen molar-refractivity contribution in [3.8, 4) is 0 Å². The zero-order valence-corrected chi connectivity index (χ0v) is 16.3. The first-order chi connectivity index (χ1) is 13.1. The van der Waals surface area contributed by atoms with Gasteiger partial charge < -0.3 is 10.0 Å². The minimum atomic E-state index is -0.355. The number of aliphatic hydroxyl groups is 1. The highest BCUT2D eigenvalue weighted by Crippen LogP contribution is 2.24. The van der Waals surface area contributed by atoms with E-state index in [1.807, 2.05) is 52.9 Å². The molecule has 2 amide bonds. The number of likely N-dealkylation sites (tertiary alicyclic amines) is 1. The Bertz CT molecular complexity index is 736. The van der Waals surface area contributed by atoms with Gasteiger partial charge in [-0.2, -0.15) is 5.10 Å². The summed E-state index contributed by atoms with van der Waals surface area (Å²) in [6, 6.07) is 11.9. The second-order valence-corrected chi connectivity index (χ2v) is 7.41. The standard InChI is InChI=1S/C21H30N4O2/c1-3-11-25-20(14-16(2)23-25)22-21(27)24-12-9-18(10-13-24)19(26)15-17-7-5-4-6-8-17/h4-8,14,18-19,26H,3,9-13,15H2,1-2H3,(H,22,27). The number of benzene rings is 1. The van der Waals surface area contributed by atoms with Crippen molar-refractivity contribution in [3.63, 3.8) is 0 Å². The lowest BCUT2D eigenvalue weighted by molar-refractivity contribution is 0.0689. The van der Waals surface area contributed by atoms with Gasteiger partial charge in [-0.25, -0.2) is 9.48 Å². The molecule has 3 rings (SSSR count).